The number of rotatable bonds is 4. The van der Waals surface area contributed by atoms with Crippen molar-refractivity contribution in [3.63, 3.8) is 0 Å². The molecule has 0 bridgehead atoms. The number of hydrogen-bond donors (Lipinski definition) is 0. The van der Waals surface area contributed by atoms with Gasteiger partial charge in [0, 0.05) is 27.2 Å². The van der Waals surface area contributed by atoms with Crippen molar-refractivity contribution < 1.29 is 4.42 Å². The first-order valence-electron chi connectivity index (χ1n) is 27.5. The zero-order chi connectivity index (χ0) is 53.2. The average Bonchev–Trinajstić information content (AvgIpc) is 4.28. The molecule has 0 fully saturated rings. The number of nitrogens with zero attached hydrogens (tertiary/aromatic N) is 1. The Morgan fingerprint density at radius 3 is 1.47 bits per heavy atom. The summed E-state index contributed by atoms with van der Waals surface area (Å²) in [7, 11) is 0. The van der Waals surface area contributed by atoms with Gasteiger partial charge in [-0.1, -0.05) is 236 Å². The molecule has 378 valence electrons. The summed E-state index contributed by atoms with van der Waals surface area (Å²) in [5.74, 6) is 0. The number of hydrogen-bond acceptors (Lipinski definition) is 1. The zero-order valence-corrected chi connectivity index (χ0v) is 44.8. The Balaban J connectivity index is 0.000000123. The maximum absolute atomic E-state index is 6.10. The van der Waals surface area contributed by atoms with E-state index in [1.807, 2.05) is 12.1 Å². The van der Waals surface area contributed by atoms with Crippen molar-refractivity contribution >= 4 is 43.7 Å². The third kappa shape index (κ3) is 9.64. The van der Waals surface area contributed by atoms with Crippen LogP contribution in [-0.4, -0.2) is 4.57 Å². The first kappa shape index (κ1) is 48.9. The summed E-state index contributed by atoms with van der Waals surface area (Å²) in [4.78, 5) is 0. The number of aromatic nitrogens is 1. The fourth-order valence-corrected chi connectivity index (χ4v) is 11.9. The number of fused-ring (bicyclic) bond motifs is 12. The Bertz CT molecular complexity index is 4500. The summed E-state index contributed by atoms with van der Waals surface area (Å²) < 4.78 is 8.45. The lowest BCUT2D eigenvalue weighted by molar-refractivity contribution is 0.669. The van der Waals surface area contributed by atoms with Crippen LogP contribution in [0.5, 0.6) is 0 Å². The van der Waals surface area contributed by atoms with Crippen LogP contribution in [0.2, 0.25) is 0 Å². The van der Waals surface area contributed by atoms with Crippen LogP contribution in [0.1, 0.15) is 38.9 Å². The molecule has 12 aromatic carbocycles. The van der Waals surface area contributed by atoms with Crippen LogP contribution in [0.4, 0.5) is 0 Å². The monoisotopic (exact) mass is 1010 g/mol. The molecule has 2 heterocycles. The Morgan fingerprint density at radius 2 is 0.785 bits per heavy atom. The quantitative estimate of drug-likeness (QED) is 0.172. The molecular weight excluding hydrogens is 955 g/mol. The highest BCUT2D eigenvalue weighted by Crippen LogP contribution is 2.40. The maximum Gasteiger partial charge on any atom is 0.135 e. The molecule has 0 amide bonds. The Hall–Kier alpha value is -9.76. The van der Waals surface area contributed by atoms with Gasteiger partial charge < -0.3 is 8.98 Å². The molecule has 0 N–H and O–H groups in total. The molecule has 79 heavy (non-hydrogen) atoms. The van der Waals surface area contributed by atoms with E-state index in [-0.39, 0.29) is 0 Å². The van der Waals surface area contributed by atoms with Crippen LogP contribution in [0.15, 0.2) is 283 Å². The number of para-hydroxylation sites is 2. The summed E-state index contributed by atoms with van der Waals surface area (Å²) in [6, 6.07) is 100. The van der Waals surface area contributed by atoms with E-state index >= 15 is 0 Å². The molecule has 0 saturated carbocycles. The highest BCUT2D eigenvalue weighted by Gasteiger charge is 2.19. The number of benzene rings is 12. The first-order valence-corrected chi connectivity index (χ1v) is 27.5. The number of aryl methyl sites for hydroxylation is 3. The standard InChI is InChI=1S/C33H26.C31H21NO.C13H12/c1-23-14-16-24(17-15-23)25-18-19-33-29(20-25)22-28-10-4-6-12-31(28)30-11-5-2-8-26(30)21-27-9-3-7-13-32(27)33;1-20-8-7-13-30-31(20)26-19-22(15-17-29(26)33-30)21-14-16-28-25(18-21)24-11-5-6-12-27(24)32(28)23-9-3-2-4-10-23;1-11-7-5-6-10-13(11)12-8-3-2-4-9-12/h2-20H,21-22H2,1H3;2-19H,1H3;2-10H,1H3. The Kier molecular flexibility index (Phi) is 13.2. The van der Waals surface area contributed by atoms with E-state index in [1.165, 1.54) is 133 Å². The van der Waals surface area contributed by atoms with Crippen LogP contribution >= 0.6 is 0 Å². The molecule has 0 atom stereocenters. The molecule has 0 radical (unpaired) electrons. The molecule has 2 nitrogen and oxygen atoms in total. The third-order valence-electron chi connectivity index (χ3n) is 15.8. The fourth-order valence-electron chi connectivity index (χ4n) is 11.9. The van der Waals surface area contributed by atoms with Crippen molar-refractivity contribution in [3.05, 3.63) is 318 Å². The van der Waals surface area contributed by atoms with Gasteiger partial charge in [0.2, 0.25) is 0 Å². The first-order chi connectivity index (χ1) is 38.9. The van der Waals surface area contributed by atoms with Crippen LogP contribution in [0, 0.1) is 20.8 Å². The van der Waals surface area contributed by atoms with Crippen LogP contribution in [0.3, 0.4) is 0 Å². The fraction of sp³-hybridized carbons (Fsp3) is 0.0649. The van der Waals surface area contributed by atoms with Gasteiger partial charge in [-0.2, -0.15) is 0 Å². The van der Waals surface area contributed by atoms with Gasteiger partial charge in [0.05, 0.1) is 11.0 Å². The lowest BCUT2D eigenvalue weighted by Gasteiger charge is -2.21. The molecule has 1 aliphatic rings. The van der Waals surface area contributed by atoms with Gasteiger partial charge >= 0.3 is 0 Å². The molecule has 14 aromatic rings. The van der Waals surface area contributed by atoms with E-state index in [1.54, 1.807) is 0 Å². The molecular formula is C77H59NO. The van der Waals surface area contributed by atoms with Crippen molar-refractivity contribution in [1.82, 2.24) is 4.57 Å². The van der Waals surface area contributed by atoms with Crippen LogP contribution in [-0.2, 0) is 12.8 Å². The second-order valence-corrected chi connectivity index (χ2v) is 20.9. The van der Waals surface area contributed by atoms with E-state index < -0.39 is 0 Å². The van der Waals surface area contributed by atoms with Crippen LogP contribution < -0.4 is 0 Å². The van der Waals surface area contributed by atoms with Gasteiger partial charge in [-0.25, -0.2) is 0 Å². The molecule has 0 saturated heterocycles. The lowest BCUT2D eigenvalue weighted by Crippen LogP contribution is -2.02. The summed E-state index contributed by atoms with van der Waals surface area (Å²) in [5, 5.41) is 4.91. The van der Waals surface area contributed by atoms with E-state index in [9.17, 15) is 0 Å². The normalized spacial score (nSPS) is 11.6. The van der Waals surface area contributed by atoms with Crippen molar-refractivity contribution in [1.29, 1.82) is 0 Å². The molecule has 15 rings (SSSR count). The topological polar surface area (TPSA) is 18.1 Å². The van der Waals surface area contributed by atoms with Gasteiger partial charge in [0.1, 0.15) is 11.2 Å². The summed E-state index contributed by atoms with van der Waals surface area (Å²) in [5.41, 5.74) is 27.9. The van der Waals surface area contributed by atoms with E-state index in [4.69, 9.17) is 4.42 Å². The van der Waals surface area contributed by atoms with Gasteiger partial charge in [0.25, 0.3) is 0 Å². The average molecular weight is 1010 g/mol. The largest absolute Gasteiger partial charge is 0.456 e. The maximum atomic E-state index is 6.10. The third-order valence-corrected chi connectivity index (χ3v) is 15.8. The van der Waals surface area contributed by atoms with Crippen molar-refractivity contribution in [2.24, 2.45) is 0 Å². The van der Waals surface area contributed by atoms with E-state index in [0.29, 0.717) is 0 Å². The highest BCUT2D eigenvalue weighted by atomic mass is 16.3. The zero-order valence-electron chi connectivity index (χ0n) is 44.8. The minimum Gasteiger partial charge on any atom is -0.456 e. The minimum atomic E-state index is 0.911. The van der Waals surface area contributed by atoms with Gasteiger partial charge in [0.15, 0.2) is 0 Å². The van der Waals surface area contributed by atoms with E-state index in [2.05, 4.69) is 292 Å². The van der Waals surface area contributed by atoms with Gasteiger partial charge in [-0.15, -0.1) is 0 Å². The predicted octanol–water partition coefficient (Wildman–Crippen LogP) is 20.8. The molecule has 0 aliphatic heterocycles. The minimum absolute atomic E-state index is 0.911. The van der Waals surface area contributed by atoms with E-state index in [0.717, 1.165) is 24.0 Å². The second-order valence-electron chi connectivity index (χ2n) is 20.9. The highest BCUT2D eigenvalue weighted by molar-refractivity contribution is 6.11. The second kappa shape index (κ2) is 21.3. The molecule has 2 aromatic heterocycles. The van der Waals surface area contributed by atoms with Crippen molar-refractivity contribution in [2.75, 3.05) is 0 Å². The summed E-state index contributed by atoms with van der Waals surface area (Å²) in [6.07, 6.45) is 1.84. The molecule has 1 aliphatic carbocycles. The van der Waals surface area contributed by atoms with Gasteiger partial charge in [-0.3, -0.25) is 0 Å². The Morgan fingerprint density at radius 1 is 0.291 bits per heavy atom. The van der Waals surface area contributed by atoms with Gasteiger partial charge in [-0.05, 0) is 171 Å². The summed E-state index contributed by atoms with van der Waals surface area (Å²) in [6.45, 7) is 6.43. The van der Waals surface area contributed by atoms with Crippen molar-refractivity contribution in [2.45, 2.75) is 33.6 Å². The number of furan rings is 1. The Labute approximate surface area is 463 Å². The predicted molar refractivity (Wildman–Crippen MR) is 334 cm³/mol. The van der Waals surface area contributed by atoms with Crippen molar-refractivity contribution in [3.8, 4) is 61.3 Å². The molecule has 0 unspecified atom stereocenters. The smallest absolute Gasteiger partial charge is 0.135 e. The SMILES string of the molecule is Cc1ccc(-c2ccc3c(c2)Cc2ccccc2-c2ccccc2Cc2ccccc2-3)cc1.Cc1cccc2oc3ccc(-c4ccc5c(c4)c4ccccc4n5-c4ccccc4)cc3c12.Cc1ccccc1-c1ccccc1. The van der Waals surface area contributed by atoms with Crippen LogP contribution in [0.25, 0.3) is 105 Å². The summed E-state index contributed by atoms with van der Waals surface area (Å²) >= 11 is 0. The lowest BCUT2D eigenvalue weighted by atomic mass is 9.83. The molecule has 0 spiro atoms. The molecule has 2 heteroatoms.